The van der Waals surface area contributed by atoms with Crippen molar-refractivity contribution in [2.45, 2.75) is 13.8 Å². The molecule has 3 aromatic rings. The van der Waals surface area contributed by atoms with E-state index in [0.29, 0.717) is 41.7 Å². The van der Waals surface area contributed by atoms with Crippen LogP contribution in [0.3, 0.4) is 0 Å². The van der Waals surface area contributed by atoms with Crippen molar-refractivity contribution in [1.82, 2.24) is 4.98 Å². The van der Waals surface area contributed by atoms with Crippen LogP contribution in [0.2, 0.25) is 0 Å². The maximum absolute atomic E-state index is 12.8. The molecule has 2 heterocycles. The maximum Gasteiger partial charge on any atom is 0.257 e. The minimum atomic E-state index is -0.176. The van der Waals surface area contributed by atoms with E-state index in [2.05, 4.69) is 10.3 Å². The number of fused-ring (bicyclic) bond motifs is 2. The SMILES string of the molecule is Cc1nc2ccccc2c(C)c1C(=O)Nc1ccc2c(c1)OCCO2. The molecule has 1 amide bonds. The summed E-state index contributed by atoms with van der Waals surface area (Å²) in [7, 11) is 0. The predicted octanol–water partition coefficient (Wildman–Crippen LogP) is 3.88. The summed E-state index contributed by atoms with van der Waals surface area (Å²) >= 11 is 0. The quantitative estimate of drug-likeness (QED) is 0.773. The van der Waals surface area contributed by atoms with Gasteiger partial charge in [-0.2, -0.15) is 0 Å². The largest absolute Gasteiger partial charge is 0.486 e. The van der Waals surface area contributed by atoms with Crippen LogP contribution >= 0.6 is 0 Å². The lowest BCUT2D eigenvalue weighted by atomic mass is 10.0. The van der Waals surface area contributed by atoms with Crippen molar-refractivity contribution >= 4 is 22.5 Å². The number of ether oxygens (including phenoxy) is 2. The van der Waals surface area contributed by atoms with Crippen LogP contribution in [0.5, 0.6) is 11.5 Å². The van der Waals surface area contributed by atoms with Gasteiger partial charge in [-0.25, -0.2) is 0 Å². The molecule has 0 saturated carbocycles. The smallest absolute Gasteiger partial charge is 0.257 e. The summed E-state index contributed by atoms with van der Waals surface area (Å²) in [5, 5.41) is 3.93. The van der Waals surface area contributed by atoms with Crippen LogP contribution in [0.4, 0.5) is 5.69 Å². The van der Waals surface area contributed by atoms with E-state index in [1.165, 1.54) is 0 Å². The molecule has 1 aliphatic rings. The molecule has 126 valence electrons. The van der Waals surface area contributed by atoms with Crippen LogP contribution in [0.25, 0.3) is 10.9 Å². The van der Waals surface area contributed by atoms with Gasteiger partial charge < -0.3 is 14.8 Å². The van der Waals surface area contributed by atoms with Gasteiger partial charge in [-0.3, -0.25) is 9.78 Å². The second-order valence-electron chi connectivity index (χ2n) is 6.03. The average molecular weight is 334 g/mol. The normalized spacial score (nSPS) is 12.9. The molecule has 0 aliphatic carbocycles. The van der Waals surface area contributed by atoms with Crippen LogP contribution < -0.4 is 14.8 Å². The molecule has 0 fully saturated rings. The molecule has 5 heteroatoms. The fourth-order valence-electron chi connectivity index (χ4n) is 3.18. The van der Waals surface area contributed by atoms with Gasteiger partial charge in [0.2, 0.25) is 0 Å². The minimum Gasteiger partial charge on any atom is -0.486 e. The highest BCUT2D eigenvalue weighted by atomic mass is 16.6. The van der Waals surface area contributed by atoms with Crippen molar-refractivity contribution in [1.29, 1.82) is 0 Å². The number of anilines is 1. The standard InChI is InChI=1S/C20H18N2O3/c1-12-15-5-3-4-6-16(15)21-13(2)19(12)20(23)22-14-7-8-17-18(11-14)25-10-9-24-17/h3-8,11H,9-10H2,1-2H3,(H,22,23). The van der Waals surface area contributed by atoms with Gasteiger partial charge in [0.1, 0.15) is 13.2 Å². The van der Waals surface area contributed by atoms with E-state index in [-0.39, 0.29) is 5.91 Å². The first-order chi connectivity index (χ1) is 12.1. The van der Waals surface area contributed by atoms with Crippen LogP contribution in [0.1, 0.15) is 21.6 Å². The Morgan fingerprint density at radius 1 is 1.04 bits per heavy atom. The number of hydrogen-bond donors (Lipinski definition) is 1. The first-order valence-electron chi connectivity index (χ1n) is 8.20. The van der Waals surface area contributed by atoms with E-state index in [9.17, 15) is 4.79 Å². The van der Waals surface area contributed by atoms with Gasteiger partial charge in [-0.15, -0.1) is 0 Å². The van der Waals surface area contributed by atoms with Gasteiger partial charge in [-0.1, -0.05) is 18.2 Å². The van der Waals surface area contributed by atoms with Crippen molar-refractivity contribution in [2.75, 3.05) is 18.5 Å². The van der Waals surface area contributed by atoms with E-state index in [1.54, 1.807) is 6.07 Å². The number of pyridine rings is 1. The molecular weight excluding hydrogens is 316 g/mol. The third kappa shape index (κ3) is 2.78. The fourth-order valence-corrected chi connectivity index (χ4v) is 3.18. The molecule has 1 aliphatic heterocycles. The van der Waals surface area contributed by atoms with E-state index >= 15 is 0 Å². The summed E-state index contributed by atoms with van der Waals surface area (Å²) in [6, 6.07) is 13.2. The highest BCUT2D eigenvalue weighted by Crippen LogP contribution is 2.33. The Balaban J connectivity index is 1.68. The number of nitrogens with one attached hydrogen (secondary N) is 1. The molecule has 0 radical (unpaired) electrons. The molecule has 5 nitrogen and oxygen atoms in total. The van der Waals surface area contributed by atoms with Crippen LogP contribution in [-0.4, -0.2) is 24.1 Å². The summed E-state index contributed by atoms with van der Waals surface area (Å²) in [5.74, 6) is 1.17. The zero-order valence-electron chi connectivity index (χ0n) is 14.1. The Kier molecular flexibility index (Phi) is 3.76. The second-order valence-corrected chi connectivity index (χ2v) is 6.03. The molecule has 0 saturated heterocycles. The van der Waals surface area contributed by atoms with Crippen molar-refractivity contribution in [3.63, 3.8) is 0 Å². The zero-order chi connectivity index (χ0) is 17.4. The molecule has 0 atom stereocenters. The van der Waals surface area contributed by atoms with Crippen molar-refractivity contribution in [3.05, 3.63) is 59.3 Å². The lowest BCUT2D eigenvalue weighted by Gasteiger charge is -2.19. The van der Waals surface area contributed by atoms with Gasteiger partial charge >= 0.3 is 0 Å². The highest BCUT2D eigenvalue weighted by molar-refractivity contribution is 6.08. The third-order valence-electron chi connectivity index (χ3n) is 4.36. The molecular formula is C20H18N2O3. The van der Waals surface area contributed by atoms with E-state index < -0.39 is 0 Å². The number of rotatable bonds is 2. The topological polar surface area (TPSA) is 60.5 Å². The average Bonchev–Trinajstić information content (AvgIpc) is 2.61. The fraction of sp³-hybridized carbons (Fsp3) is 0.200. The van der Waals surface area contributed by atoms with E-state index in [0.717, 1.165) is 16.5 Å². The van der Waals surface area contributed by atoms with Crippen LogP contribution in [0, 0.1) is 13.8 Å². The first kappa shape index (κ1) is 15.4. The van der Waals surface area contributed by atoms with Crippen molar-refractivity contribution < 1.29 is 14.3 Å². The molecule has 25 heavy (non-hydrogen) atoms. The predicted molar refractivity (Wildman–Crippen MR) is 96.6 cm³/mol. The summed E-state index contributed by atoms with van der Waals surface area (Å²) in [5.41, 5.74) is 3.81. The number of carbonyl (C=O) groups is 1. The number of hydrogen-bond acceptors (Lipinski definition) is 4. The Hall–Kier alpha value is -3.08. The van der Waals surface area contributed by atoms with Gasteiger partial charge in [0, 0.05) is 17.1 Å². The Morgan fingerprint density at radius 2 is 1.80 bits per heavy atom. The van der Waals surface area contributed by atoms with Gasteiger partial charge in [0.15, 0.2) is 11.5 Å². The molecule has 0 unspecified atom stereocenters. The van der Waals surface area contributed by atoms with Gasteiger partial charge in [0.05, 0.1) is 16.8 Å². The zero-order valence-corrected chi connectivity index (χ0v) is 14.1. The number of aromatic nitrogens is 1. The Morgan fingerprint density at radius 3 is 2.64 bits per heavy atom. The summed E-state index contributed by atoms with van der Waals surface area (Å²) < 4.78 is 11.1. The Labute approximate surface area is 145 Å². The van der Waals surface area contributed by atoms with Crippen molar-refractivity contribution in [2.24, 2.45) is 0 Å². The molecule has 1 N–H and O–H groups in total. The Bertz CT molecular complexity index is 982. The van der Waals surface area contributed by atoms with E-state index in [1.807, 2.05) is 50.2 Å². The third-order valence-corrected chi connectivity index (χ3v) is 4.36. The number of amides is 1. The number of benzene rings is 2. The number of nitrogens with zero attached hydrogens (tertiary/aromatic N) is 1. The monoisotopic (exact) mass is 334 g/mol. The molecule has 2 aromatic carbocycles. The van der Waals surface area contributed by atoms with Gasteiger partial charge in [0.25, 0.3) is 5.91 Å². The van der Waals surface area contributed by atoms with Crippen molar-refractivity contribution in [3.8, 4) is 11.5 Å². The maximum atomic E-state index is 12.8. The number of aryl methyl sites for hydroxylation is 2. The summed E-state index contributed by atoms with van der Waals surface area (Å²) in [6.45, 7) is 4.87. The molecule has 4 rings (SSSR count). The highest BCUT2D eigenvalue weighted by Gasteiger charge is 2.18. The summed E-state index contributed by atoms with van der Waals surface area (Å²) in [4.78, 5) is 17.4. The molecule has 0 spiro atoms. The molecule has 1 aromatic heterocycles. The lowest BCUT2D eigenvalue weighted by molar-refractivity contribution is 0.102. The lowest BCUT2D eigenvalue weighted by Crippen LogP contribution is -2.18. The first-order valence-corrected chi connectivity index (χ1v) is 8.20. The minimum absolute atomic E-state index is 0.176. The van der Waals surface area contributed by atoms with Crippen LogP contribution in [-0.2, 0) is 0 Å². The number of para-hydroxylation sites is 1. The summed E-state index contributed by atoms with van der Waals surface area (Å²) in [6.07, 6.45) is 0. The second kappa shape index (κ2) is 6.09. The van der Waals surface area contributed by atoms with E-state index in [4.69, 9.17) is 9.47 Å². The number of carbonyl (C=O) groups excluding carboxylic acids is 1. The molecule has 0 bridgehead atoms. The van der Waals surface area contributed by atoms with Gasteiger partial charge in [-0.05, 0) is 37.6 Å². The van der Waals surface area contributed by atoms with Crippen LogP contribution in [0.15, 0.2) is 42.5 Å².